The van der Waals surface area contributed by atoms with Gasteiger partial charge in [0.2, 0.25) is 5.91 Å². The lowest BCUT2D eigenvalue weighted by Gasteiger charge is -2.39. The van der Waals surface area contributed by atoms with Gasteiger partial charge < -0.3 is 14.5 Å². The summed E-state index contributed by atoms with van der Waals surface area (Å²) in [6, 6.07) is 5.52. The SMILES string of the molecule is CC1CN(C(=O)[C@@H]2C[C@H](S)CN2C(=O)OCc2ccc([N+](=O)[O-])cc2)CCN1C. The van der Waals surface area contributed by atoms with Crippen LogP contribution in [0.3, 0.4) is 0 Å². The van der Waals surface area contributed by atoms with Gasteiger partial charge in [-0.2, -0.15) is 12.6 Å². The van der Waals surface area contributed by atoms with Gasteiger partial charge in [-0.3, -0.25) is 19.8 Å². The summed E-state index contributed by atoms with van der Waals surface area (Å²) in [6.45, 7) is 4.48. The highest BCUT2D eigenvalue weighted by molar-refractivity contribution is 7.81. The quantitative estimate of drug-likeness (QED) is 0.451. The predicted molar refractivity (Wildman–Crippen MR) is 110 cm³/mol. The van der Waals surface area contributed by atoms with Crippen molar-refractivity contribution in [2.45, 2.75) is 37.3 Å². The van der Waals surface area contributed by atoms with E-state index in [0.717, 1.165) is 6.54 Å². The van der Waals surface area contributed by atoms with Crippen molar-refractivity contribution in [2.24, 2.45) is 0 Å². The highest BCUT2D eigenvalue weighted by Gasteiger charge is 2.42. The summed E-state index contributed by atoms with van der Waals surface area (Å²) in [4.78, 5) is 41.4. The Balaban J connectivity index is 1.60. The lowest BCUT2D eigenvalue weighted by atomic mass is 10.1. The Labute approximate surface area is 175 Å². The van der Waals surface area contributed by atoms with Crippen LogP contribution in [0.25, 0.3) is 0 Å². The number of nitro benzene ring substituents is 1. The number of nitrogens with zero attached hydrogens (tertiary/aromatic N) is 4. The summed E-state index contributed by atoms with van der Waals surface area (Å²) >= 11 is 4.47. The molecule has 158 valence electrons. The van der Waals surface area contributed by atoms with Gasteiger partial charge >= 0.3 is 6.09 Å². The molecule has 1 aromatic rings. The molecule has 29 heavy (non-hydrogen) atoms. The molecule has 9 nitrogen and oxygen atoms in total. The number of piperazine rings is 1. The van der Waals surface area contributed by atoms with Crippen molar-refractivity contribution in [3.8, 4) is 0 Å². The largest absolute Gasteiger partial charge is 0.445 e. The second kappa shape index (κ2) is 9.00. The van der Waals surface area contributed by atoms with E-state index in [1.165, 1.54) is 17.0 Å². The minimum absolute atomic E-state index is 0.0168. The fraction of sp³-hybridized carbons (Fsp3) is 0.579. The molecule has 0 bridgehead atoms. The first kappa shape index (κ1) is 21.4. The zero-order valence-electron chi connectivity index (χ0n) is 16.6. The molecule has 2 fully saturated rings. The summed E-state index contributed by atoms with van der Waals surface area (Å²) < 4.78 is 5.37. The lowest BCUT2D eigenvalue weighted by molar-refractivity contribution is -0.384. The molecule has 1 unspecified atom stereocenters. The molecule has 0 aliphatic carbocycles. The fourth-order valence-corrected chi connectivity index (χ4v) is 4.03. The van der Waals surface area contributed by atoms with Gasteiger partial charge in [0.1, 0.15) is 12.6 Å². The Morgan fingerprint density at radius 1 is 1.24 bits per heavy atom. The number of thiol groups is 1. The molecule has 2 saturated heterocycles. The first-order valence-corrected chi connectivity index (χ1v) is 10.1. The fourth-order valence-electron chi connectivity index (χ4n) is 3.65. The molecule has 2 aliphatic rings. The molecular formula is C19H26N4O5S. The highest BCUT2D eigenvalue weighted by atomic mass is 32.1. The van der Waals surface area contributed by atoms with Crippen LogP contribution in [-0.2, 0) is 16.1 Å². The van der Waals surface area contributed by atoms with E-state index >= 15 is 0 Å². The van der Waals surface area contributed by atoms with Gasteiger partial charge in [0.15, 0.2) is 0 Å². The minimum atomic E-state index is -0.572. The summed E-state index contributed by atoms with van der Waals surface area (Å²) in [5.74, 6) is -0.0613. The van der Waals surface area contributed by atoms with Crippen LogP contribution in [0.5, 0.6) is 0 Å². The third kappa shape index (κ3) is 4.99. The molecule has 10 heteroatoms. The van der Waals surface area contributed by atoms with E-state index in [1.54, 1.807) is 12.1 Å². The topological polar surface area (TPSA) is 96.2 Å². The second-order valence-corrected chi connectivity index (χ2v) is 8.38. The van der Waals surface area contributed by atoms with E-state index in [1.807, 2.05) is 11.9 Å². The number of amides is 2. The average Bonchev–Trinajstić information content (AvgIpc) is 3.09. The molecule has 2 amide bonds. The Morgan fingerprint density at radius 2 is 1.93 bits per heavy atom. The van der Waals surface area contributed by atoms with Gasteiger partial charge in [-0.1, -0.05) is 0 Å². The Kier molecular flexibility index (Phi) is 6.63. The van der Waals surface area contributed by atoms with Crippen LogP contribution in [0.2, 0.25) is 0 Å². The molecule has 3 atom stereocenters. The molecular weight excluding hydrogens is 396 g/mol. The summed E-state index contributed by atoms with van der Waals surface area (Å²) in [7, 11) is 2.04. The number of rotatable bonds is 4. The van der Waals surface area contributed by atoms with Gasteiger partial charge in [-0.05, 0) is 38.1 Å². The standard InChI is InChI=1S/C19H26N4O5S/c1-13-10-21(8-7-20(13)2)18(24)17-9-16(29)11-22(17)19(25)28-12-14-3-5-15(6-4-14)23(26)27/h3-6,13,16-17,29H,7-12H2,1-2H3/t13?,16-,17-/m0/s1. The van der Waals surface area contributed by atoms with Gasteiger partial charge in [0.05, 0.1) is 4.92 Å². The van der Waals surface area contributed by atoms with Crippen molar-refractivity contribution in [1.29, 1.82) is 0 Å². The van der Waals surface area contributed by atoms with Gasteiger partial charge in [0, 0.05) is 49.6 Å². The summed E-state index contributed by atoms with van der Waals surface area (Å²) in [6.07, 6.45) is -0.0737. The molecule has 2 aliphatic heterocycles. The summed E-state index contributed by atoms with van der Waals surface area (Å²) in [5.41, 5.74) is 0.617. The van der Waals surface area contributed by atoms with Gasteiger partial charge in [0.25, 0.3) is 5.69 Å². The Morgan fingerprint density at radius 3 is 2.55 bits per heavy atom. The van der Waals surface area contributed by atoms with Crippen LogP contribution < -0.4 is 0 Å². The van der Waals surface area contributed by atoms with Gasteiger partial charge in [-0.15, -0.1) is 0 Å². The highest BCUT2D eigenvalue weighted by Crippen LogP contribution is 2.25. The van der Waals surface area contributed by atoms with Crippen LogP contribution in [0.15, 0.2) is 24.3 Å². The second-order valence-electron chi connectivity index (χ2n) is 7.65. The molecule has 0 spiro atoms. The minimum Gasteiger partial charge on any atom is -0.445 e. The van der Waals surface area contributed by atoms with Crippen molar-refractivity contribution in [1.82, 2.24) is 14.7 Å². The van der Waals surface area contributed by atoms with Crippen molar-refractivity contribution >= 4 is 30.3 Å². The Bertz CT molecular complexity index is 774. The number of hydrogen-bond donors (Lipinski definition) is 1. The van der Waals surface area contributed by atoms with Crippen molar-refractivity contribution in [2.75, 3.05) is 33.2 Å². The molecule has 0 N–H and O–H groups in total. The maximum atomic E-state index is 13.0. The van der Waals surface area contributed by atoms with E-state index in [-0.39, 0.29) is 29.5 Å². The van der Waals surface area contributed by atoms with Crippen LogP contribution in [0.4, 0.5) is 10.5 Å². The molecule has 0 saturated carbocycles. The molecule has 1 aromatic carbocycles. The maximum Gasteiger partial charge on any atom is 0.410 e. The zero-order valence-corrected chi connectivity index (χ0v) is 17.5. The predicted octanol–water partition coefficient (Wildman–Crippen LogP) is 1.77. The van der Waals surface area contributed by atoms with E-state index in [4.69, 9.17) is 4.74 Å². The van der Waals surface area contributed by atoms with E-state index in [2.05, 4.69) is 24.5 Å². The zero-order chi connectivity index (χ0) is 21.1. The number of likely N-dealkylation sites (tertiary alicyclic amines) is 1. The van der Waals surface area contributed by atoms with E-state index in [0.29, 0.717) is 31.6 Å². The maximum absolute atomic E-state index is 13.0. The number of nitro groups is 1. The smallest absolute Gasteiger partial charge is 0.410 e. The van der Waals surface area contributed by atoms with Crippen LogP contribution in [-0.4, -0.2) is 82.2 Å². The van der Waals surface area contributed by atoms with E-state index < -0.39 is 17.1 Å². The van der Waals surface area contributed by atoms with Crippen molar-refractivity contribution < 1.29 is 19.2 Å². The monoisotopic (exact) mass is 422 g/mol. The van der Waals surface area contributed by atoms with Crippen LogP contribution >= 0.6 is 12.6 Å². The van der Waals surface area contributed by atoms with Crippen molar-refractivity contribution in [3.05, 3.63) is 39.9 Å². The third-order valence-electron chi connectivity index (χ3n) is 5.58. The molecule has 0 radical (unpaired) electrons. The number of non-ortho nitro benzene ring substituents is 1. The number of hydrogen-bond acceptors (Lipinski definition) is 7. The average molecular weight is 423 g/mol. The first-order chi connectivity index (χ1) is 13.8. The lowest BCUT2D eigenvalue weighted by Crippen LogP contribution is -2.56. The van der Waals surface area contributed by atoms with Gasteiger partial charge in [-0.25, -0.2) is 4.79 Å². The first-order valence-electron chi connectivity index (χ1n) is 9.60. The van der Waals surface area contributed by atoms with Crippen LogP contribution in [0.1, 0.15) is 18.9 Å². The number of likely N-dealkylation sites (N-methyl/N-ethyl adjacent to an activating group) is 1. The third-order valence-corrected chi connectivity index (χ3v) is 5.95. The molecule has 3 rings (SSSR count). The number of carbonyl (C=O) groups excluding carboxylic acids is 2. The van der Waals surface area contributed by atoms with E-state index in [9.17, 15) is 19.7 Å². The summed E-state index contributed by atoms with van der Waals surface area (Å²) in [5, 5.41) is 10.6. The number of benzene rings is 1. The molecule has 0 aromatic heterocycles. The van der Waals surface area contributed by atoms with Crippen LogP contribution in [0, 0.1) is 10.1 Å². The van der Waals surface area contributed by atoms with Crippen molar-refractivity contribution in [3.63, 3.8) is 0 Å². The normalized spacial score (nSPS) is 25.1. The molecule has 2 heterocycles. The number of carbonyl (C=O) groups is 2. The number of ether oxygens (including phenoxy) is 1. The Hall–Kier alpha value is -2.33.